The zero-order valence-corrected chi connectivity index (χ0v) is 19.6. The second kappa shape index (κ2) is 8.20. The van der Waals surface area contributed by atoms with Gasteiger partial charge in [-0.1, -0.05) is 18.2 Å². The molecule has 37 heavy (non-hydrogen) atoms. The fourth-order valence-corrected chi connectivity index (χ4v) is 4.78. The summed E-state index contributed by atoms with van der Waals surface area (Å²) < 4.78 is 11.3. The third kappa shape index (κ3) is 3.56. The number of nitriles is 1. The number of fused-ring (bicyclic) bond motifs is 2. The van der Waals surface area contributed by atoms with Crippen LogP contribution in [-0.2, 0) is 16.9 Å². The topological polar surface area (TPSA) is 138 Å². The number of nitrogens with zero attached hydrogens (tertiary/aromatic N) is 3. The number of furan rings is 1. The lowest BCUT2D eigenvalue weighted by molar-refractivity contribution is -0.125. The Labute approximate surface area is 210 Å². The molecule has 2 aliphatic rings. The third-order valence-electron chi connectivity index (χ3n) is 6.65. The minimum Gasteiger partial charge on any atom is -0.497 e. The molecule has 0 saturated carbocycles. The molecule has 0 aliphatic carbocycles. The van der Waals surface area contributed by atoms with Crippen LogP contribution in [-0.4, -0.2) is 41.4 Å². The molecule has 4 heterocycles. The Hall–Kier alpha value is -5.17. The van der Waals surface area contributed by atoms with Crippen molar-refractivity contribution < 1.29 is 23.5 Å². The van der Waals surface area contributed by atoms with E-state index in [-0.39, 0.29) is 24.8 Å². The molecule has 4 aromatic rings. The zero-order valence-electron chi connectivity index (χ0n) is 19.6. The lowest BCUT2D eigenvalue weighted by Gasteiger charge is -2.28. The van der Waals surface area contributed by atoms with Gasteiger partial charge < -0.3 is 19.4 Å². The second-order valence-electron chi connectivity index (χ2n) is 8.88. The first kappa shape index (κ1) is 22.3. The van der Waals surface area contributed by atoms with Crippen molar-refractivity contribution in [2.75, 3.05) is 13.7 Å². The van der Waals surface area contributed by atoms with Crippen molar-refractivity contribution in [1.29, 1.82) is 5.26 Å². The fraction of sp³-hybridized carbons (Fsp3) is 0.148. The van der Waals surface area contributed by atoms with Gasteiger partial charge >= 0.3 is 6.03 Å². The van der Waals surface area contributed by atoms with Crippen LogP contribution in [0.3, 0.4) is 0 Å². The Morgan fingerprint density at radius 2 is 2.00 bits per heavy atom. The number of aromatic nitrogens is 1. The summed E-state index contributed by atoms with van der Waals surface area (Å²) >= 11 is 0. The third-order valence-corrected chi connectivity index (χ3v) is 6.65. The molecule has 2 aliphatic heterocycles. The number of urea groups is 1. The first-order valence-electron chi connectivity index (χ1n) is 11.4. The summed E-state index contributed by atoms with van der Waals surface area (Å²) in [6.07, 6.45) is 0. The van der Waals surface area contributed by atoms with Crippen LogP contribution in [0.15, 0.2) is 65.1 Å². The van der Waals surface area contributed by atoms with Gasteiger partial charge in [0, 0.05) is 23.7 Å². The first-order chi connectivity index (χ1) is 17.9. The Kier molecular flexibility index (Phi) is 4.94. The number of carbonyl (C=O) groups is 3. The van der Waals surface area contributed by atoms with Gasteiger partial charge in [0.15, 0.2) is 11.1 Å². The van der Waals surface area contributed by atoms with Crippen LogP contribution in [0.2, 0.25) is 0 Å². The average Bonchev–Trinajstić information content (AvgIpc) is 3.57. The van der Waals surface area contributed by atoms with Gasteiger partial charge in [-0.15, -0.1) is 0 Å². The molecule has 2 N–H and O–H groups in total. The number of benzene rings is 2. The number of carbonyl (C=O) groups excluding carboxylic acids is 3. The fourth-order valence-electron chi connectivity index (χ4n) is 4.78. The van der Waals surface area contributed by atoms with Crippen LogP contribution in [0, 0.1) is 11.3 Å². The first-order valence-corrected chi connectivity index (χ1v) is 11.4. The predicted octanol–water partition coefficient (Wildman–Crippen LogP) is 3.07. The van der Waals surface area contributed by atoms with Crippen molar-refractivity contribution in [3.63, 3.8) is 0 Å². The van der Waals surface area contributed by atoms with Crippen LogP contribution in [0.4, 0.5) is 4.79 Å². The van der Waals surface area contributed by atoms with Crippen LogP contribution in [0.5, 0.6) is 5.75 Å². The summed E-state index contributed by atoms with van der Waals surface area (Å²) in [4.78, 5) is 44.8. The SMILES string of the molecule is COc1ccc2c(c1)C(=O)N(C[C@@]1(c3cc4nc(-c5cccc(C#N)c5)ccc4o3)NC(=O)NC1=O)C2. The van der Waals surface area contributed by atoms with Gasteiger partial charge in [-0.25, -0.2) is 9.78 Å². The summed E-state index contributed by atoms with van der Waals surface area (Å²) in [6.45, 7) is 0.123. The van der Waals surface area contributed by atoms with E-state index >= 15 is 0 Å². The van der Waals surface area contributed by atoms with E-state index in [2.05, 4.69) is 21.7 Å². The van der Waals surface area contributed by atoms with Gasteiger partial charge in [0.25, 0.3) is 11.8 Å². The molecule has 0 spiro atoms. The number of imide groups is 1. The van der Waals surface area contributed by atoms with Gasteiger partial charge in [-0.05, 0) is 42.0 Å². The van der Waals surface area contributed by atoms with Crippen molar-refractivity contribution in [1.82, 2.24) is 20.5 Å². The highest BCUT2D eigenvalue weighted by atomic mass is 16.5. The van der Waals surface area contributed by atoms with Crippen molar-refractivity contribution in [2.24, 2.45) is 0 Å². The molecule has 2 aromatic carbocycles. The number of amides is 4. The quantitative estimate of drug-likeness (QED) is 0.408. The van der Waals surface area contributed by atoms with Crippen molar-refractivity contribution >= 4 is 28.9 Å². The van der Waals surface area contributed by atoms with Crippen LogP contribution in [0.1, 0.15) is 27.2 Å². The molecule has 4 amide bonds. The van der Waals surface area contributed by atoms with E-state index in [1.807, 2.05) is 6.07 Å². The second-order valence-corrected chi connectivity index (χ2v) is 8.88. The number of hydrogen-bond donors (Lipinski definition) is 2. The number of methoxy groups -OCH3 is 1. The van der Waals surface area contributed by atoms with Crippen molar-refractivity contribution in [3.05, 3.63) is 83.1 Å². The maximum atomic E-state index is 13.2. The molecule has 182 valence electrons. The molecule has 0 bridgehead atoms. The summed E-state index contributed by atoms with van der Waals surface area (Å²) in [6, 6.07) is 18.8. The van der Waals surface area contributed by atoms with E-state index in [0.717, 1.165) is 11.1 Å². The Morgan fingerprint density at radius 1 is 1.14 bits per heavy atom. The molecule has 0 radical (unpaired) electrons. The molecule has 1 saturated heterocycles. The highest BCUT2D eigenvalue weighted by molar-refractivity contribution is 6.08. The number of rotatable bonds is 5. The average molecular weight is 493 g/mol. The molecule has 0 unspecified atom stereocenters. The monoisotopic (exact) mass is 493 g/mol. The minimum absolute atomic E-state index is 0.142. The van der Waals surface area contributed by atoms with E-state index < -0.39 is 17.5 Å². The molecule has 1 atom stereocenters. The van der Waals surface area contributed by atoms with Gasteiger partial charge in [0.2, 0.25) is 0 Å². The lowest BCUT2D eigenvalue weighted by atomic mass is 9.95. The van der Waals surface area contributed by atoms with E-state index in [4.69, 9.17) is 9.15 Å². The Balaban J connectivity index is 1.38. The van der Waals surface area contributed by atoms with Gasteiger partial charge in [-0.3, -0.25) is 14.9 Å². The molecular formula is C27H19N5O5. The summed E-state index contributed by atoms with van der Waals surface area (Å²) in [5, 5.41) is 14.2. The van der Waals surface area contributed by atoms with E-state index in [1.165, 1.54) is 12.0 Å². The highest BCUT2D eigenvalue weighted by Gasteiger charge is 2.53. The van der Waals surface area contributed by atoms with Gasteiger partial charge in [0.05, 0.1) is 31.0 Å². The van der Waals surface area contributed by atoms with Crippen molar-refractivity contribution in [2.45, 2.75) is 12.1 Å². The normalized spacial score (nSPS) is 18.5. The number of hydrogen-bond acceptors (Lipinski definition) is 7. The summed E-state index contributed by atoms with van der Waals surface area (Å²) in [5.41, 5.74) is 2.38. The van der Waals surface area contributed by atoms with Crippen molar-refractivity contribution in [3.8, 4) is 23.1 Å². The molecule has 1 fully saturated rings. The van der Waals surface area contributed by atoms with Crippen LogP contribution >= 0.6 is 0 Å². The lowest BCUT2D eigenvalue weighted by Crippen LogP contribution is -2.52. The highest BCUT2D eigenvalue weighted by Crippen LogP contribution is 2.35. The van der Waals surface area contributed by atoms with E-state index in [0.29, 0.717) is 33.7 Å². The van der Waals surface area contributed by atoms with Gasteiger partial charge in [-0.2, -0.15) is 5.26 Å². The van der Waals surface area contributed by atoms with E-state index in [9.17, 15) is 19.6 Å². The predicted molar refractivity (Wildman–Crippen MR) is 130 cm³/mol. The molecule has 10 heteroatoms. The maximum Gasteiger partial charge on any atom is 0.322 e. The molecule has 10 nitrogen and oxygen atoms in total. The number of pyridine rings is 1. The van der Waals surface area contributed by atoms with Crippen LogP contribution in [0.25, 0.3) is 22.4 Å². The molecule has 2 aromatic heterocycles. The van der Waals surface area contributed by atoms with Gasteiger partial charge in [0.1, 0.15) is 17.0 Å². The number of nitrogens with one attached hydrogen (secondary N) is 2. The number of ether oxygens (including phenoxy) is 1. The molecular weight excluding hydrogens is 474 g/mol. The maximum absolute atomic E-state index is 13.2. The molecule has 6 rings (SSSR count). The standard InChI is InChI=1S/C27H19N5O5/c1-36-18-6-5-17-13-32(24(33)19(17)10-18)14-27(25(34)30-26(35)31-27)23-11-21-22(37-23)8-7-20(29-21)16-4-2-3-15(9-16)12-28/h2-11H,13-14H2,1H3,(H2,30,31,34,35)/t27-/m0/s1. The largest absolute Gasteiger partial charge is 0.497 e. The Bertz CT molecular complexity index is 1670. The van der Waals surface area contributed by atoms with Crippen LogP contribution < -0.4 is 15.4 Å². The Morgan fingerprint density at radius 3 is 2.76 bits per heavy atom. The summed E-state index contributed by atoms with van der Waals surface area (Å²) in [7, 11) is 1.52. The van der Waals surface area contributed by atoms with E-state index in [1.54, 1.807) is 54.6 Å². The smallest absolute Gasteiger partial charge is 0.322 e. The summed E-state index contributed by atoms with van der Waals surface area (Å²) in [5.74, 6) is -0.200. The minimum atomic E-state index is -1.64. The zero-order chi connectivity index (χ0) is 25.7.